The molecule has 0 N–H and O–H groups in total. The third-order valence-electron chi connectivity index (χ3n) is 5.42. The highest BCUT2D eigenvalue weighted by Gasteiger charge is 2.41. The first-order valence-electron chi connectivity index (χ1n) is 11.2. The smallest absolute Gasteiger partial charge is 0.306 e. The van der Waals surface area contributed by atoms with Crippen molar-refractivity contribution in [2.45, 2.75) is 58.1 Å². The highest BCUT2D eigenvalue weighted by atomic mass is 79.9. The van der Waals surface area contributed by atoms with Crippen LogP contribution in [-0.4, -0.2) is 47.9 Å². The minimum Gasteiger partial charge on any atom is -0.460 e. The monoisotopic (exact) mass is 584 g/mol. The number of rotatable bonds is 10. The van der Waals surface area contributed by atoms with Gasteiger partial charge in [-0.15, -0.1) is 0 Å². The molecule has 190 valence electrons. The molecule has 0 aliphatic carbocycles. The van der Waals surface area contributed by atoms with Gasteiger partial charge < -0.3 is 14.5 Å². The zero-order chi connectivity index (χ0) is 26.4. The molecular weight excluding hydrogens is 555 g/mol. The van der Waals surface area contributed by atoms with E-state index in [1.165, 1.54) is 9.80 Å². The number of halogens is 3. The molecule has 2 aromatic carbocycles. The van der Waals surface area contributed by atoms with Crippen molar-refractivity contribution in [2.75, 3.05) is 18.5 Å². The average Bonchev–Trinajstić information content (AvgIpc) is 2.75. The molecule has 2 amide bonds. The number of carbonyl (C=O) groups is 3. The van der Waals surface area contributed by atoms with Gasteiger partial charge in [-0.2, -0.15) is 0 Å². The number of anilines is 1. The number of nitrogens with zero attached hydrogens (tertiary/aromatic N) is 2. The van der Waals surface area contributed by atoms with Crippen molar-refractivity contribution < 1.29 is 19.1 Å². The number of amides is 2. The van der Waals surface area contributed by atoms with E-state index in [4.69, 9.17) is 27.9 Å². The molecule has 0 radical (unpaired) electrons. The summed E-state index contributed by atoms with van der Waals surface area (Å²) < 4.78 is 6.27. The Morgan fingerprint density at radius 1 is 1.03 bits per heavy atom. The van der Waals surface area contributed by atoms with Crippen molar-refractivity contribution >= 4 is 63.1 Å². The minimum absolute atomic E-state index is 0.129. The summed E-state index contributed by atoms with van der Waals surface area (Å²) in [6.07, 6.45) is 1.40. The lowest BCUT2D eigenvalue weighted by molar-refractivity contribution is -0.155. The van der Waals surface area contributed by atoms with Crippen molar-refractivity contribution in [1.82, 2.24) is 4.90 Å². The molecule has 0 aromatic heterocycles. The van der Waals surface area contributed by atoms with Crippen LogP contribution in [0.25, 0.3) is 0 Å². The summed E-state index contributed by atoms with van der Waals surface area (Å²) >= 11 is 15.7. The zero-order valence-corrected chi connectivity index (χ0v) is 23.7. The Bertz CT molecular complexity index is 1040. The SMILES string of the molecule is CN(C(=O)[C@@](C)(Cc1ccc(Br)cc1)N(C=O)CCCC(=O)OC(C)(C)C)c1cc(Cl)cc(Cl)c1. The molecule has 0 spiro atoms. The van der Waals surface area contributed by atoms with Crippen molar-refractivity contribution in [3.63, 3.8) is 0 Å². The Labute approximate surface area is 225 Å². The second kappa shape index (κ2) is 12.2. The van der Waals surface area contributed by atoms with Crippen LogP contribution in [-0.2, 0) is 25.5 Å². The summed E-state index contributed by atoms with van der Waals surface area (Å²) in [6, 6.07) is 12.4. The van der Waals surface area contributed by atoms with Crippen molar-refractivity contribution in [3.05, 3.63) is 62.5 Å². The number of hydrogen-bond donors (Lipinski definition) is 0. The largest absolute Gasteiger partial charge is 0.460 e. The van der Waals surface area contributed by atoms with Crippen LogP contribution in [0.2, 0.25) is 10.0 Å². The molecule has 0 bridgehead atoms. The summed E-state index contributed by atoms with van der Waals surface area (Å²) in [7, 11) is 1.62. The topological polar surface area (TPSA) is 66.9 Å². The molecule has 6 nitrogen and oxygen atoms in total. The first-order chi connectivity index (χ1) is 16.2. The van der Waals surface area contributed by atoms with Gasteiger partial charge in [-0.3, -0.25) is 14.4 Å². The third kappa shape index (κ3) is 8.51. The predicted octanol–water partition coefficient (Wildman–Crippen LogP) is 6.30. The second-order valence-electron chi connectivity index (χ2n) is 9.56. The molecule has 0 aliphatic rings. The quantitative estimate of drug-likeness (QED) is 0.242. The van der Waals surface area contributed by atoms with E-state index in [9.17, 15) is 14.4 Å². The Kier molecular flexibility index (Phi) is 10.2. The van der Waals surface area contributed by atoms with E-state index in [0.29, 0.717) is 28.6 Å². The van der Waals surface area contributed by atoms with E-state index < -0.39 is 11.1 Å². The fourth-order valence-corrected chi connectivity index (χ4v) is 4.49. The van der Waals surface area contributed by atoms with Crippen LogP contribution in [0.5, 0.6) is 0 Å². The van der Waals surface area contributed by atoms with Gasteiger partial charge >= 0.3 is 5.97 Å². The van der Waals surface area contributed by atoms with E-state index in [-0.39, 0.29) is 31.3 Å². The zero-order valence-electron chi connectivity index (χ0n) is 20.6. The lowest BCUT2D eigenvalue weighted by atomic mass is 9.89. The third-order valence-corrected chi connectivity index (χ3v) is 6.39. The van der Waals surface area contributed by atoms with Crippen molar-refractivity contribution in [1.29, 1.82) is 0 Å². The van der Waals surface area contributed by atoms with Gasteiger partial charge in [0.05, 0.1) is 0 Å². The van der Waals surface area contributed by atoms with Crippen LogP contribution < -0.4 is 4.90 Å². The Balaban J connectivity index is 2.33. The number of ether oxygens (including phenoxy) is 1. The molecule has 0 aliphatic heterocycles. The van der Waals surface area contributed by atoms with E-state index in [1.54, 1.807) is 52.9 Å². The normalized spacial score (nSPS) is 13.0. The van der Waals surface area contributed by atoms with Gasteiger partial charge in [0.15, 0.2) is 0 Å². The van der Waals surface area contributed by atoms with Crippen LogP contribution in [0.1, 0.15) is 46.1 Å². The molecule has 2 rings (SSSR count). The van der Waals surface area contributed by atoms with Crippen LogP contribution in [0.15, 0.2) is 46.9 Å². The van der Waals surface area contributed by atoms with Crippen molar-refractivity contribution in [2.24, 2.45) is 0 Å². The summed E-state index contributed by atoms with van der Waals surface area (Å²) in [6.45, 7) is 7.32. The molecule has 1 atom stereocenters. The molecule has 9 heteroatoms. The maximum atomic E-state index is 13.9. The first-order valence-corrected chi connectivity index (χ1v) is 12.7. The van der Waals surface area contributed by atoms with Crippen LogP contribution in [0, 0.1) is 0 Å². The van der Waals surface area contributed by atoms with E-state index >= 15 is 0 Å². The highest BCUT2D eigenvalue weighted by Crippen LogP contribution is 2.30. The first kappa shape index (κ1) is 29.1. The van der Waals surface area contributed by atoms with E-state index in [2.05, 4.69) is 15.9 Å². The molecule has 0 saturated heterocycles. The Hall–Kier alpha value is -2.09. The molecule has 2 aromatic rings. The minimum atomic E-state index is -1.24. The van der Waals surface area contributed by atoms with E-state index in [0.717, 1.165) is 10.0 Å². The lowest BCUT2D eigenvalue weighted by Gasteiger charge is -2.40. The van der Waals surface area contributed by atoms with Gasteiger partial charge in [0.25, 0.3) is 5.91 Å². The molecule has 35 heavy (non-hydrogen) atoms. The van der Waals surface area contributed by atoms with Crippen LogP contribution in [0.3, 0.4) is 0 Å². The number of esters is 1. The number of benzene rings is 2. The number of hydrogen-bond acceptors (Lipinski definition) is 4. The Morgan fingerprint density at radius 3 is 2.11 bits per heavy atom. The Morgan fingerprint density at radius 2 is 1.60 bits per heavy atom. The average molecular weight is 586 g/mol. The molecule has 0 fully saturated rings. The predicted molar refractivity (Wildman–Crippen MR) is 144 cm³/mol. The van der Waals surface area contributed by atoms with Gasteiger partial charge in [-0.05, 0) is 70.0 Å². The molecule has 0 unspecified atom stereocenters. The fourth-order valence-electron chi connectivity index (χ4n) is 3.71. The van der Waals surface area contributed by atoms with Gasteiger partial charge in [0.1, 0.15) is 11.1 Å². The van der Waals surface area contributed by atoms with Crippen LogP contribution >= 0.6 is 39.1 Å². The second-order valence-corrected chi connectivity index (χ2v) is 11.3. The summed E-state index contributed by atoms with van der Waals surface area (Å²) in [5.41, 5.74) is -0.448. The number of likely N-dealkylation sites (N-methyl/N-ethyl adjacent to an activating group) is 1. The summed E-state index contributed by atoms with van der Waals surface area (Å²) in [4.78, 5) is 41.2. The lowest BCUT2D eigenvalue weighted by Crippen LogP contribution is -2.58. The van der Waals surface area contributed by atoms with Crippen molar-refractivity contribution in [3.8, 4) is 0 Å². The summed E-state index contributed by atoms with van der Waals surface area (Å²) in [5, 5.41) is 0.790. The maximum absolute atomic E-state index is 13.9. The van der Waals surface area contributed by atoms with Gasteiger partial charge in [-0.25, -0.2) is 0 Å². The maximum Gasteiger partial charge on any atom is 0.306 e. The summed E-state index contributed by atoms with van der Waals surface area (Å²) in [5.74, 6) is -0.668. The standard InChI is InChI=1S/C26H31BrCl2N2O4/c1-25(2,3)35-23(33)7-6-12-31(17-32)26(4,16-18-8-10-19(27)11-9-18)24(34)30(5)22-14-20(28)13-21(29)15-22/h8-11,13-15,17H,6-7,12,16H2,1-5H3/t26-/m1/s1. The molecule has 0 heterocycles. The highest BCUT2D eigenvalue weighted by molar-refractivity contribution is 9.10. The van der Waals surface area contributed by atoms with E-state index in [1.807, 2.05) is 24.3 Å². The van der Waals surface area contributed by atoms with Gasteiger partial charge in [0, 0.05) is 46.6 Å². The van der Waals surface area contributed by atoms with Gasteiger partial charge in [0.2, 0.25) is 6.41 Å². The van der Waals surface area contributed by atoms with Crippen LogP contribution in [0.4, 0.5) is 5.69 Å². The molecule has 0 saturated carbocycles. The van der Waals surface area contributed by atoms with Gasteiger partial charge in [-0.1, -0.05) is 51.3 Å². The fraction of sp³-hybridized carbons (Fsp3) is 0.423. The number of carbonyl (C=O) groups excluding carboxylic acids is 3. The molecular formula is C26H31BrCl2N2O4.